The van der Waals surface area contributed by atoms with Gasteiger partial charge in [0.25, 0.3) is 5.91 Å². The van der Waals surface area contributed by atoms with Gasteiger partial charge in [0.1, 0.15) is 17.5 Å². The van der Waals surface area contributed by atoms with Crippen LogP contribution in [-0.2, 0) is 11.3 Å². The largest absolute Gasteiger partial charge is 0.493 e. The summed E-state index contributed by atoms with van der Waals surface area (Å²) in [6.45, 7) is 8.92. The van der Waals surface area contributed by atoms with E-state index in [1.54, 1.807) is 12.0 Å². The first kappa shape index (κ1) is 23.9. The second-order valence-corrected chi connectivity index (χ2v) is 9.27. The van der Waals surface area contributed by atoms with Crippen LogP contribution < -0.4 is 14.9 Å². The quantitative estimate of drug-likeness (QED) is 0.511. The molecule has 188 valence electrons. The first-order valence-electron chi connectivity index (χ1n) is 12.3. The Balaban J connectivity index is 1.31. The van der Waals surface area contributed by atoms with Gasteiger partial charge in [-0.05, 0) is 69.0 Å². The van der Waals surface area contributed by atoms with Crippen LogP contribution in [0.1, 0.15) is 47.5 Å². The lowest BCUT2D eigenvalue weighted by molar-refractivity contribution is -0.135. The molecule has 8 nitrogen and oxygen atoms in total. The zero-order valence-electron chi connectivity index (χ0n) is 21.4. The highest BCUT2D eigenvalue weighted by Crippen LogP contribution is 2.34. The molecule has 1 aromatic heterocycles. The maximum absolute atomic E-state index is 13.4. The van der Waals surface area contributed by atoms with Crippen LogP contribution in [0.5, 0.6) is 11.5 Å². The van der Waals surface area contributed by atoms with Gasteiger partial charge in [-0.2, -0.15) is 0 Å². The van der Waals surface area contributed by atoms with Gasteiger partial charge in [-0.1, -0.05) is 18.2 Å². The summed E-state index contributed by atoms with van der Waals surface area (Å²) >= 11 is 0. The summed E-state index contributed by atoms with van der Waals surface area (Å²) in [4.78, 5) is 19.8. The SMILES string of the molecule is CCOc1ccc(-c2nc(CN3C=CN4NC(c5ccc(C)c(C)c5)CC4C3=O)c(C)o2)cc1OC. The Morgan fingerprint density at radius 2 is 1.92 bits per heavy atom. The summed E-state index contributed by atoms with van der Waals surface area (Å²) in [6, 6.07) is 11.9. The summed E-state index contributed by atoms with van der Waals surface area (Å²) in [7, 11) is 1.61. The molecule has 1 fully saturated rings. The van der Waals surface area contributed by atoms with Gasteiger partial charge in [0.2, 0.25) is 5.89 Å². The van der Waals surface area contributed by atoms with E-state index in [-0.39, 0.29) is 18.0 Å². The molecular weight excluding hydrogens is 456 g/mol. The van der Waals surface area contributed by atoms with Crippen molar-refractivity contribution in [3.05, 3.63) is 76.9 Å². The zero-order valence-corrected chi connectivity index (χ0v) is 21.4. The Kier molecular flexibility index (Phi) is 6.45. The Morgan fingerprint density at radius 3 is 2.67 bits per heavy atom. The van der Waals surface area contributed by atoms with E-state index in [9.17, 15) is 4.79 Å². The van der Waals surface area contributed by atoms with E-state index in [2.05, 4.69) is 37.5 Å². The topological polar surface area (TPSA) is 80.1 Å². The van der Waals surface area contributed by atoms with Crippen molar-refractivity contribution in [2.45, 2.75) is 52.7 Å². The molecule has 0 saturated carbocycles. The lowest BCUT2D eigenvalue weighted by Crippen LogP contribution is -2.47. The highest BCUT2D eigenvalue weighted by atomic mass is 16.5. The number of rotatable bonds is 7. The lowest BCUT2D eigenvalue weighted by Gasteiger charge is -2.31. The third-order valence-electron chi connectivity index (χ3n) is 6.93. The second kappa shape index (κ2) is 9.70. The molecule has 2 atom stereocenters. The zero-order chi connectivity index (χ0) is 25.4. The normalized spacial score (nSPS) is 19.1. The minimum Gasteiger partial charge on any atom is -0.493 e. The van der Waals surface area contributed by atoms with Crippen molar-refractivity contribution in [3.8, 4) is 23.0 Å². The van der Waals surface area contributed by atoms with E-state index < -0.39 is 0 Å². The lowest BCUT2D eigenvalue weighted by atomic mass is 9.97. The number of nitrogens with zero attached hydrogens (tertiary/aromatic N) is 3. The van der Waals surface area contributed by atoms with Gasteiger partial charge < -0.3 is 23.8 Å². The van der Waals surface area contributed by atoms with Gasteiger partial charge in [0, 0.05) is 18.0 Å². The van der Waals surface area contributed by atoms with E-state index in [0.717, 1.165) is 11.3 Å². The summed E-state index contributed by atoms with van der Waals surface area (Å²) in [5.74, 6) is 2.50. The number of amides is 1. The molecule has 8 heteroatoms. The van der Waals surface area contributed by atoms with E-state index in [1.807, 2.05) is 49.5 Å². The number of benzene rings is 2. The van der Waals surface area contributed by atoms with Crippen LogP contribution in [0.2, 0.25) is 0 Å². The molecule has 3 aromatic rings. The van der Waals surface area contributed by atoms with Crippen LogP contribution in [0, 0.1) is 20.8 Å². The number of ether oxygens (including phenoxy) is 2. The first-order valence-corrected chi connectivity index (χ1v) is 12.3. The number of carbonyl (C=O) groups is 1. The van der Waals surface area contributed by atoms with Crippen molar-refractivity contribution in [2.75, 3.05) is 13.7 Å². The van der Waals surface area contributed by atoms with Crippen molar-refractivity contribution in [3.63, 3.8) is 0 Å². The monoisotopic (exact) mass is 488 g/mol. The minimum atomic E-state index is -0.261. The summed E-state index contributed by atoms with van der Waals surface area (Å²) < 4.78 is 17.0. The predicted octanol–water partition coefficient (Wildman–Crippen LogP) is 4.81. The van der Waals surface area contributed by atoms with Gasteiger partial charge in [0.05, 0.1) is 26.3 Å². The van der Waals surface area contributed by atoms with Gasteiger partial charge in [-0.15, -0.1) is 0 Å². The third kappa shape index (κ3) is 4.44. The minimum absolute atomic E-state index is 0.0445. The molecule has 0 aliphatic carbocycles. The number of methoxy groups -OCH3 is 1. The molecule has 0 spiro atoms. The molecule has 1 amide bonds. The molecule has 2 aromatic carbocycles. The maximum Gasteiger partial charge on any atom is 0.251 e. The Hall–Kier alpha value is -3.78. The third-order valence-corrected chi connectivity index (χ3v) is 6.93. The van der Waals surface area contributed by atoms with E-state index >= 15 is 0 Å². The number of hydrazine groups is 1. The summed E-state index contributed by atoms with van der Waals surface area (Å²) in [6.07, 6.45) is 4.44. The smallest absolute Gasteiger partial charge is 0.251 e. The van der Waals surface area contributed by atoms with E-state index in [0.29, 0.717) is 42.7 Å². The number of aromatic nitrogens is 1. The number of nitrogens with one attached hydrogen (secondary N) is 1. The number of fused-ring (bicyclic) bond motifs is 1. The standard InChI is InChI=1S/C28H32N4O4/c1-6-35-25-10-9-21(14-26(25)34-5)27-29-23(19(4)36-27)16-31-11-12-32-24(28(31)33)15-22(30-32)20-8-7-17(2)18(3)13-20/h7-14,22,24,30H,6,15-16H2,1-5H3. The van der Waals surface area contributed by atoms with Crippen LogP contribution in [0.15, 0.2) is 53.2 Å². The van der Waals surface area contributed by atoms with Crippen LogP contribution in [-0.4, -0.2) is 40.6 Å². The average molecular weight is 489 g/mol. The molecule has 1 N–H and O–H groups in total. The van der Waals surface area contributed by atoms with Gasteiger partial charge in [-0.25, -0.2) is 10.4 Å². The predicted molar refractivity (Wildman–Crippen MR) is 136 cm³/mol. The number of hydrogen-bond donors (Lipinski definition) is 1. The van der Waals surface area contributed by atoms with Crippen molar-refractivity contribution in [1.82, 2.24) is 20.3 Å². The van der Waals surface area contributed by atoms with Gasteiger partial charge >= 0.3 is 0 Å². The molecule has 36 heavy (non-hydrogen) atoms. The number of carbonyl (C=O) groups excluding carboxylic acids is 1. The van der Waals surface area contributed by atoms with Crippen LogP contribution in [0.3, 0.4) is 0 Å². The van der Waals surface area contributed by atoms with Crippen molar-refractivity contribution in [2.24, 2.45) is 0 Å². The number of oxazole rings is 1. The second-order valence-electron chi connectivity index (χ2n) is 9.27. The molecule has 0 bridgehead atoms. The van der Waals surface area contributed by atoms with Crippen LogP contribution in [0.25, 0.3) is 11.5 Å². The highest BCUT2D eigenvalue weighted by molar-refractivity contribution is 5.84. The average Bonchev–Trinajstić information content (AvgIpc) is 3.47. The fourth-order valence-corrected chi connectivity index (χ4v) is 4.70. The van der Waals surface area contributed by atoms with Crippen LogP contribution in [0.4, 0.5) is 0 Å². The fourth-order valence-electron chi connectivity index (χ4n) is 4.70. The molecular formula is C28H32N4O4. The first-order chi connectivity index (χ1) is 17.4. The molecule has 2 aliphatic rings. The summed E-state index contributed by atoms with van der Waals surface area (Å²) in [5.41, 5.74) is 8.70. The van der Waals surface area contributed by atoms with Crippen LogP contribution >= 0.6 is 0 Å². The van der Waals surface area contributed by atoms with Gasteiger partial charge in [0.15, 0.2) is 11.5 Å². The van der Waals surface area contributed by atoms with Gasteiger partial charge in [-0.3, -0.25) is 4.79 Å². The Bertz CT molecular complexity index is 1310. The molecule has 2 unspecified atom stereocenters. The maximum atomic E-state index is 13.4. The number of aryl methyl sites for hydroxylation is 3. The highest BCUT2D eigenvalue weighted by Gasteiger charge is 2.40. The number of hydrogen-bond acceptors (Lipinski definition) is 7. The molecule has 1 saturated heterocycles. The Morgan fingerprint density at radius 1 is 1.08 bits per heavy atom. The van der Waals surface area contributed by atoms with Crippen molar-refractivity contribution in [1.29, 1.82) is 0 Å². The van der Waals surface area contributed by atoms with E-state index in [1.165, 1.54) is 16.7 Å². The van der Waals surface area contributed by atoms with Crippen molar-refractivity contribution >= 4 is 5.91 Å². The Labute approximate surface area is 211 Å². The molecule has 2 aliphatic heterocycles. The fraction of sp³-hybridized carbons (Fsp3) is 0.357. The molecule has 0 radical (unpaired) electrons. The molecule has 3 heterocycles. The van der Waals surface area contributed by atoms with E-state index in [4.69, 9.17) is 18.9 Å². The summed E-state index contributed by atoms with van der Waals surface area (Å²) in [5, 5.41) is 1.92. The van der Waals surface area contributed by atoms with Crippen molar-refractivity contribution < 1.29 is 18.7 Å². The molecule has 5 rings (SSSR count).